The minimum absolute atomic E-state index is 0.00114. The standard InChI is InChI=1S/C19H22N2O3S/c1-4-10-23-15-5-7-16(8-6-15)24-11-9-21-12-20-18-17(19(21)22)13(2)14(3)25-18/h5-8,12H,4,9-11H2,1-3H3. The number of aromatic nitrogens is 2. The molecule has 3 rings (SSSR count). The first-order chi connectivity index (χ1) is 12.1. The zero-order chi connectivity index (χ0) is 17.8. The first kappa shape index (κ1) is 17.5. The third-order valence-corrected chi connectivity index (χ3v) is 5.17. The molecule has 0 bridgehead atoms. The van der Waals surface area contributed by atoms with E-state index < -0.39 is 0 Å². The van der Waals surface area contributed by atoms with Crippen LogP contribution in [0.4, 0.5) is 0 Å². The lowest BCUT2D eigenvalue weighted by Gasteiger charge is -2.09. The van der Waals surface area contributed by atoms with Crippen LogP contribution in [-0.2, 0) is 6.54 Å². The number of rotatable bonds is 7. The summed E-state index contributed by atoms with van der Waals surface area (Å²) in [5.41, 5.74) is 1.02. The van der Waals surface area contributed by atoms with Crippen LogP contribution in [0.3, 0.4) is 0 Å². The van der Waals surface area contributed by atoms with Crippen molar-refractivity contribution in [2.24, 2.45) is 0 Å². The number of aryl methyl sites for hydroxylation is 2. The van der Waals surface area contributed by atoms with E-state index in [-0.39, 0.29) is 5.56 Å². The van der Waals surface area contributed by atoms with Crippen molar-refractivity contribution in [3.63, 3.8) is 0 Å². The van der Waals surface area contributed by atoms with E-state index in [9.17, 15) is 4.79 Å². The van der Waals surface area contributed by atoms with Crippen molar-refractivity contribution >= 4 is 21.6 Å². The highest BCUT2D eigenvalue weighted by Crippen LogP contribution is 2.25. The molecule has 0 aliphatic heterocycles. The topological polar surface area (TPSA) is 53.4 Å². The third kappa shape index (κ3) is 3.85. The second kappa shape index (κ2) is 7.70. The molecule has 2 heterocycles. The van der Waals surface area contributed by atoms with Gasteiger partial charge in [0.15, 0.2) is 0 Å². The Morgan fingerprint density at radius 2 is 1.72 bits per heavy atom. The smallest absolute Gasteiger partial charge is 0.262 e. The lowest BCUT2D eigenvalue weighted by molar-refractivity contribution is 0.293. The Hall–Kier alpha value is -2.34. The molecule has 2 aromatic heterocycles. The Balaban J connectivity index is 1.64. The largest absolute Gasteiger partial charge is 0.494 e. The Labute approximate surface area is 150 Å². The van der Waals surface area contributed by atoms with E-state index in [1.807, 2.05) is 38.1 Å². The summed E-state index contributed by atoms with van der Waals surface area (Å²) in [6.45, 7) is 7.64. The summed E-state index contributed by atoms with van der Waals surface area (Å²) in [5, 5.41) is 0.724. The third-order valence-electron chi connectivity index (χ3n) is 4.05. The molecule has 0 aliphatic carbocycles. The maximum atomic E-state index is 12.6. The Morgan fingerprint density at radius 1 is 1.08 bits per heavy atom. The zero-order valence-electron chi connectivity index (χ0n) is 14.7. The Morgan fingerprint density at radius 3 is 2.36 bits per heavy atom. The molecular formula is C19H22N2O3S. The Kier molecular flexibility index (Phi) is 5.38. The van der Waals surface area contributed by atoms with Gasteiger partial charge in [-0.05, 0) is 50.1 Å². The molecule has 0 saturated carbocycles. The fourth-order valence-electron chi connectivity index (χ4n) is 2.54. The highest BCUT2D eigenvalue weighted by molar-refractivity contribution is 7.18. The van der Waals surface area contributed by atoms with Crippen LogP contribution in [0.5, 0.6) is 11.5 Å². The highest BCUT2D eigenvalue weighted by atomic mass is 32.1. The molecule has 0 atom stereocenters. The molecule has 0 saturated heterocycles. The van der Waals surface area contributed by atoms with Crippen LogP contribution < -0.4 is 15.0 Å². The number of hydrogen-bond donors (Lipinski definition) is 0. The highest BCUT2D eigenvalue weighted by Gasteiger charge is 2.11. The van der Waals surface area contributed by atoms with E-state index in [0.29, 0.717) is 19.8 Å². The van der Waals surface area contributed by atoms with Gasteiger partial charge < -0.3 is 9.47 Å². The number of ether oxygens (including phenoxy) is 2. The van der Waals surface area contributed by atoms with Gasteiger partial charge in [0.05, 0.1) is 24.9 Å². The predicted molar refractivity (Wildman–Crippen MR) is 101 cm³/mol. The molecule has 0 fully saturated rings. The van der Waals surface area contributed by atoms with Gasteiger partial charge in [0.2, 0.25) is 0 Å². The molecule has 0 aliphatic rings. The van der Waals surface area contributed by atoms with Gasteiger partial charge in [0.1, 0.15) is 22.9 Å². The lowest BCUT2D eigenvalue weighted by Crippen LogP contribution is -2.23. The SMILES string of the molecule is CCCOc1ccc(OCCn2cnc3sc(C)c(C)c3c2=O)cc1. The van der Waals surface area contributed by atoms with Crippen molar-refractivity contribution in [1.29, 1.82) is 0 Å². The van der Waals surface area contributed by atoms with E-state index in [1.165, 1.54) is 0 Å². The van der Waals surface area contributed by atoms with E-state index in [0.717, 1.165) is 38.6 Å². The van der Waals surface area contributed by atoms with Gasteiger partial charge in [-0.1, -0.05) is 6.92 Å². The fourth-order valence-corrected chi connectivity index (χ4v) is 3.53. The van der Waals surface area contributed by atoms with Gasteiger partial charge in [0.25, 0.3) is 5.56 Å². The van der Waals surface area contributed by atoms with Gasteiger partial charge >= 0.3 is 0 Å². The predicted octanol–water partition coefficient (Wildman–Crippen LogP) is 3.94. The molecule has 3 aromatic rings. The molecule has 5 nitrogen and oxygen atoms in total. The van der Waals surface area contributed by atoms with Crippen molar-refractivity contribution in [3.05, 3.63) is 51.4 Å². The van der Waals surface area contributed by atoms with Gasteiger partial charge in [-0.3, -0.25) is 9.36 Å². The first-order valence-corrected chi connectivity index (χ1v) is 9.22. The molecule has 1 aromatic carbocycles. The molecule has 0 radical (unpaired) electrons. The average Bonchev–Trinajstić information content (AvgIpc) is 2.91. The number of fused-ring (bicyclic) bond motifs is 1. The minimum Gasteiger partial charge on any atom is -0.494 e. The van der Waals surface area contributed by atoms with Crippen molar-refractivity contribution in [3.8, 4) is 11.5 Å². The van der Waals surface area contributed by atoms with Crippen LogP contribution in [0.1, 0.15) is 23.8 Å². The maximum absolute atomic E-state index is 12.6. The summed E-state index contributed by atoms with van der Waals surface area (Å²) in [5.74, 6) is 1.59. The van der Waals surface area contributed by atoms with Crippen molar-refractivity contribution in [2.75, 3.05) is 13.2 Å². The van der Waals surface area contributed by atoms with Gasteiger partial charge in [-0.2, -0.15) is 0 Å². The number of thiophene rings is 1. The summed E-state index contributed by atoms with van der Waals surface area (Å²) in [6.07, 6.45) is 2.58. The molecule has 0 amide bonds. The number of hydrogen-bond acceptors (Lipinski definition) is 5. The zero-order valence-corrected chi connectivity index (χ0v) is 15.6. The first-order valence-electron chi connectivity index (χ1n) is 8.41. The molecule has 25 heavy (non-hydrogen) atoms. The second-order valence-corrected chi connectivity index (χ2v) is 7.08. The summed E-state index contributed by atoms with van der Waals surface area (Å²) in [4.78, 5) is 18.9. The molecule has 0 spiro atoms. The Bertz CT molecular complexity index is 913. The quantitative estimate of drug-likeness (QED) is 0.642. The van der Waals surface area contributed by atoms with E-state index in [2.05, 4.69) is 11.9 Å². The minimum atomic E-state index is -0.00114. The molecule has 0 unspecified atom stereocenters. The molecule has 6 heteroatoms. The van der Waals surface area contributed by atoms with Crippen LogP contribution in [-0.4, -0.2) is 22.8 Å². The summed E-state index contributed by atoms with van der Waals surface area (Å²) >= 11 is 1.56. The van der Waals surface area contributed by atoms with Crippen molar-refractivity contribution in [2.45, 2.75) is 33.7 Å². The molecular weight excluding hydrogens is 336 g/mol. The van der Waals surface area contributed by atoms with Crippen LogP contribution in [0.2, 0.25) is 0 Å². The normalized spacial score (nSPS) is 11.0. The molecule has 0 N–H and O–H groups in total. The van der Waals surface area contributed by atoms with Crippen molar-refractivity contribution in [1.82, 2.24) is 9.55 Å². The van der Waals surface area contributed by atoms with Crippen LogP contribution in [0.15, 0.2) is 35.4 Å². The van der Waals surface area contributed by atoms with E-state index in [1.54, 1.807) is 22.2 Å². The fraction of sp³-hybridized carbons (Fsp3) is 0.368. The summed E-state index contributed by atoms with van der Waals surface area (Å²) in [6, 6.07) is 7.54. The van der Waals surface area contributed by atoms with Gasteiger partial charge in [-0.25, -0.2) is 4.98 Å². The number of benzene rings is 1. The van der Waals surface area contributed by atoms with E-state index in [4.69, 9.17) is 9.47 Å². The van der Waals surface area contributed by atoms with E-state index >= 15 is 0 Å². The summed E-state index contributed by atoms with van der Waals surface area (Å²) in [7, 11) is 0. The van der Waals surface area contributed by atoms with Crippen LogP contribution in [0, 0.1) is 13.8 Å². The molecule has 132 valence electrons. The summed E-state index contributed by atoms with van der Waals surface area (Å²) < 4.78 is 12.9. The maximum Gasteiger partial charge on any atom is 0.262 e. The second-order valence-electron chi connectivity index (χ2n) is 5.87. The average molecular weight is 358 g/mol. The van der Waals surface area contributed by atoms with Gasteiger partial charge in [-0.15, -0.1) is 11.3 Å². The van der Waals surface area contributed by atoms with Crippen LogP contribution in [0.25, 0.3) is 10.2 Å². The number of nitrogens with zero attached hydrogens (tertiary/aromatic N) is 2. The van der Waals surface area contributed by atoms with Crippen LogP contribution >= 0.6 is 11.3 Å². The monoisotopic (exact) mass is 358 g/mol. The van der Waals surface area contributed by atoms with Gasteiger partial charge in [0, 0.05) is 4.88 Å². The lowest BCUT2D eigenvalue weighted by atomic mass is 10.2. The van der Waals surface area contributed by atoms with Crippen molar-refractivity contribution < 1.29 is 9.47 Å².